The number of methoxy groups -OCH3 is 1. The fourth-order valence-electron chi connectivity index (χ4n) is 4.95. The largest absolute Gasteiger partial charge is 2.00 e. The van der Waals surface area contributed by atoms with Crippen LogP contribution in [0, 0.1) is 0 Å². The molecule has 0 heterocycles. The molecule has 0 aliphatic heterocycles. The minimum absolute atomic E-state index is 0. The van der Waals surface area contributed by atoms with Crippen molar-refractivity contribution in [1.29, 1.82) is 0 Å². The number of nitrogens with zero attached hydrogens (tertiary/aromatic N) is 2. The number of carboxylic acid groups (broad SMARTS) is 2. The summed E-state index contributed by atoms with van der Waals surface area (Å²) in [5, 5.41) is 40.2. The molecule has 51 heavy (non-hydrogen) atoms. The van der Waals surface area contributed by atoms with Gasteiger partial charge in [-0.1, -0.05) is 80.4 Å². The molecular weight excluding hydrogens is 691 g/mol. The first-order valence-electron chi connectivity index (χ1n) is 17.1. The molecule has 3 aromatic carbocycles. The number of phenolic OH excluding ortho intramolecular Hbond substituents is 2. The first-order chi connectivity index (χ1) is 23.2. The van der Waals surface area contributed by atoms with Crippen molar-refractivity contribution in [3.05, 3.63) is 75.8 Å². The van der Waals surface area contributed by atoms with Gasteiger partial charge in [-0.25, -0.2) is 0 Å². The minimum atomic E-state index is -1.08. The molecule has 9 nitrogen and oxygen atoms in total. The Morgan fingerprint density at radius 1 is 0.706 bits per heavy atom. The van der Waals surface area contributed by atoms with Crippen molar-refractivity contribution in [2.45, 2.75) is 119 Å². The molecule has 1 radical (unpaired) electrons. The molecule has 0 atom stereocenters. The molecule has 281 valence electrons. The van der Waals surface area contributed by atoms with Gasteiger partial charge in [0.05, 0.1) is 18.5 Å². The molecule has 0 aliphatic carbocycles. The SMILES string of the molecule is CC(=O)[O-].CC(=O)[O-].CCCCc1cc(C=Nc2ccc(OC)cc2N=Cc2cc(CCCC)cc(C(C)(C)C)c2O)c(O)c(C(C)(C)C)c1.[Co+2]. The van der Waals surface area contributed by atoms with Crippen LogP contribution in [0.25, 0.3) is 0 Å². The summed E-state index contributed by atoms with van der Waals surface area (Å²) in [7, 11) is 1.62. The van der Waals surface area contributed by atoms with Crippen LogP contribution in [0.15, 0.2) is 52.4 Å². The van der Waals surface area contributed by atoms with E-state index in [4.69, 9.17) is 34.5 Å². The summed E-state index contributed by atoms with van der Waals surface area (Å²) in [5.74, 6) is -0.992. The maximum absolute atomic E-state index is 11.2. The summed E-state index contributed by atoms with van der Waals surface area (Å²) in [6.45, 7) is 19.0. The molecule has 0 aliphatic rings. The molecule has 3 aromatic rings. The van der Waals surface area contributed by atoms with Gasteiger partial charge in [0.25, 0.3) is 0 Å². The summed E-state index contributed by atoms with van der Waals surface area (Å²) < 4.78 is 5.49. The second kappa shape index (κ2) is 21.9. The van der Waals surface area contributed by atoms with Crippen LogP contribution in [-0.4, -0.2) is 41.7 Å². The third kappa shape index (κ3) is 16.6. The zero-order valence-corrected chi connectivity index (χ0v) is 33.1. The van der Waals surface area contributed by atoms with E-state index in [-0.39, 0.29) is 39.1 Å². The molecule has 3 rings (SSSR count). The summed E-state index contributed by atoms with van der Waals surface area (Å²) in [6.07, 6.45) is 9.73. The summed E-state index contributed by atoms with van der Waals surface area (Å²) in [6, 6.07) is 13.9. The van der Waals surface area contributed by atoms with Gasteiger partial charge in [0, 0.05) is 52.7 Å². The molecule has 0 saturated carbocycles. The first kappa shape index (κ1) is 46.8. The van der Waals surface area contributed by atoms with E-state index in [0.717, 1.165) is 63.5 Å². The van der Waals surface area contributed by atoms with Crippen LogP contribution in [0.5, 0.6) is 17.2 Å². The number of benzene rings is 3. The van der Waals surface area contributed by atoms with E-state index in [1.807, 2.05) is 30.3 Å². The average Bonchev–Trinajstić information content (AvgIpc) is 3.01. The van der Waals surface area contributed by atoms with Crippen molar-refractivity contribution < 1.29 is 51.5 Å². The maximum atomic E-state index is 11.2. The van der Waals surface area contributed by atoms with Gasteiger partial charge in [-0.2, -0.15) is 0 Å². The molecule has 2 N–H and O–H groups in total. The second-order valence-corrected chi connectivity index (χ2v) is 14.2. The van der Waals surface area contributed by atoms with E-state index in [2.05, 4.69) is 67.5 Å². The van der Waals surface area contributed by atoms with E-state index in [0.29, 0.717) is 28.3 Å². The Balaban J connectivity index is 0.00000251. The molecule has 0 bridgehead atoms. The Morgan fingerprint density at radius 2 is 1.08 bits per heavy atom. The van der Waals surface area contributed by atoms with Crippen molar-refractivity contribution in [3.63, 3.8) is 0 Å². The Morgan fingerprint density at radius 3 is 1.41 bits per heavy atom. The van der Waals surface area contributed by atoms with Crippen LogP contribution >= 0.6 is 0 Å². The number of aryl methyl sites for hydroxylation is 2. The molecule has 0 amide bonds. The van der Waals surface area contributed by atoms with E-state index in [1.165, 1.54) is 11.1 Å². The molecule has 0 aromatic heterocycles. The van der Waals surface area contributed by atoms with Crippen molar-refractivity contribution in [1.82, 2.24) is 0 Å². The van der Waals surface area contributed by atoms with Crippen molar-refractivity contribution in [2.75, 3.05) is 7.11 Å². The quantitative estimate of drug-likeness (QED) is 0.194. The third-order valence-corrected chi connectivity index (χ3v) is 7.52. The predicted molar refractivity (Wildman–Crippen MR) is 200 cm³/mol. The third-order valence-electron chi connectivity index (χ3n) is 7.52. The van der Waals surface area contributed by atoms with Gasteiger partial charge in [-0.15, -0.1) is 0 Å². The van der Waals surface area contributed by atoms with Crippen LogP contribution in [0.2, 0.25) is 0 Å². The number of unbranched alkanes of at least 4 members (excludes halogenated alkanes) is 2. The van der Waals surface area contributed by atoms with Gasteiger partial charge >= 0.3 is 16.8 Å². The predicted octanol–water partition coefficient (Wildman–Crippen LogP) is 7.40. The zero-order valence-electron chi connectivity index (χ0n) is 32.1. The number of carbonyl (C=O) groups excluding carboxylic acids is 2. The van der Waals surface area contributed by atoms with Crippen LogP contribution in [0.3, 0.4) is 0 Å². The number of ether oxygens (including phenoxy) is 1. The van der Waals surface area contributed by atoms with Crippen LogP contribution in [0.1, 0.15) is 128 Å². The minimum Gasteiger partial charge on any atom is -0.550 e. The second-order valence-electron chi connectivity index (χ2n) is 14.2. The number of hydrogen-bond acceptors (Lipinski definition) is 9. The van der Waals surface area contributed by atoms with Gasteiger partial charge in [0.1, 0.15) is 17.2 Å². The molecule has 0 saturated heterocycles. The Hall–Kier alpha value is -4.15. The first-order valence-corrected chi connectivity index (χ1v) is 17.1. The molecular formula is C41H56CoN2O7. The fourth-order valence-corrected chi connectivity index (χ4v) is 4.95. The monoisotopic (exact) mass is 747 g/mol. The molecule has 10 heteroatoms. The molecule has 0 spiro atoms. The summed E-state index contributed by atoms with van der Waals surface area (Å²) in [5.41, 5.74) is 6.43. The number of hydrogen-bond donors (Lipinski definition) is 2. The Labute approximate surface area is 315 Å². The van der Waals surface area contributed by atoms with E-state index < -0.39 is 11.9 Å². The standard InChI is InChI=1S/C37H50N2O3.2C2H4O2.Co/c1-10-12-14-25-18-27(34(40)30(20-25)36(3,4)5)23-38-32-17-16-29(42-9)22-33(32)39-24-28-19-26(15-13-11-2)21-31(35(28)41)37(6,7)8;2*1-2(3)4;/h16-24,40-41H,10-15H2,1-9H3;2*1H3,(H,3,4);/q;;;+2/p-2. The molecule has 0 unspecified atom stereocenters. The van der Waals surface area contributed by atoms with Gasteiger partial charge in [-0.05, 0) is 85.8 Å². The van der Waals surface area contributed by atoms with Gasteiger partial charge < -0.3 is 34.8 Å². The average molecular weight is 748 g/mol. The fraction of sp³-hybridized carbons (Fsp3) is 0.463. The number of aliphatic carboxylic acids is 2. The van der Waals surface area contributed by atoms with Crippen molar-refractivity contribution in [3.8, 4) is 17.2 Å². The van der Waals surface area contributed by atoms with Crippen molar-refractivity contribution >= 4 is 35.7 Å². The normalized spacial score (nSPS) is 11.3. The van der Waals surface area contributed by atoms with E-state index in [9.17, 15) is 10.2 Å². The van der Waals surface area contributed by atoms with E-state index in [1.54, 1.807) is 19.5 Å². The van der Waals surface area contributed by atoms with Gasteiger partial charge in [-0.3, -0.25) is 9.98 Å². The Bertz CT molecular complexity index is 1610. The Kier molecular flexibility index (Phi) is 20.1. The van der Waals surface area contributed by atoms with Gasteiger partial charge in [0.2, 0.25) is 0 Å². The number of aliphatic imine (C=N–C) groups is 2. The van der Waals surface area contributed by atoms with Crippen LogP contribution in [-0.2, 0) is 50.0 Å². The van der Waals surface area contributed by atoms with Crippen LogP contribution in [0.4, 0.5) is 11.4 Å². The topological polar surface area (TPSA) is 155 Å². The van der Waals surface area contributed by atoms with Crippen LogP contribution < -0.4 is 14.9 Å². The summed E-state index contributed by atoms with van der Waals surface area (Å²) >= 11 is 0. The zero-order chi connectivity index (χ0) is 38.2. The summed E-state index contributed by atoms with van der Waals surface area (Å²) in [4.78, 5) is 27.4. The number of carbonyl (C=O) groups is 2. The number of aromatic hydroxyl groups is 2. The molecule has 0 fully saturated rings. The number of phenols is 2. The van der Waals surface area contributed by atoms with E-state index >= 15 is 0 Å². The van der Waals surface area contributed by atoms with Gasteiger partial charge in [0.15, 0.2) is 0 Å². The van der Waals surface area contributed by atoms with Crippen molar-refractivity contribution in [2.24, 2.45) is 9.98 Å². The number of carboxylic acids is 2. The maximum Gasteiger partial charge on any atom is 2.00 e. The number of rotatable bonds is 11. The smallest absolute Gasteiger partial charge is 0.550 e.